The summed E-state index contributed by atoms with van der Waals surface area (Å²) in [5, 5.41) is 5.91. The number of hydrogen-bond donors (Lipinski definition) is 3. The number of amides is 2. The van der Waals surface area contributed by atoms with Crippen LogP contribution >= 0.6 is 0 Å². The molecular weight excluding hydrogens is 468 g/mol. The van der Waals surface area contributed by atoms with E-state index in [4.69, 9.17) is 10.7 Å². The van der Waals surface area contributed by atoms with Crippen LogP contribution in [0.2, 0.25) is 0 Å². The molecule has 0 aliphatic carbocycles. The third-order valence-corrected chi connectivity index (χ3v) is 6.37. The second-order valence-electron chi connectivity index (χ2n) is 8.56. The highest BCUT2D eigenvalue weighted by molar-refractivity contribution is 6.08. The number of likely N-dealkylation sites (tertiary alicyclic amines) is 1. The van der Waals surface area contributed by atoms with Gasteiger partial charge in [-0.15, -0.1) is 0 Å². The van der Waals surface area contributed by atoms with Gasteiger partial charge in [0.1, 0.15) is 28.7 Å². The van der Waals surface area contributed by atoms with E-state index in [1.165, 1.54) is 0 Å². The molecule has 0 saturated carbocycles. The maximum Gasteiger partial charge on any atom is 0.299 e. The van der Waals surface area contributed by atoms with Crippen LogP contribution in [-0.2, 0) is 4.79 Å². The van der Waals surface area contributed by atoms with Crippen molar-refractivity contribution in [3.8, 4) is 23.1 Å². The van der Waals surface area contributed by atoms with E-state index in [9.17, 15) is 9.59 Å². The predicted octanol–water partition coefficient (Wildman–Crippen LogP) is 3.35. The van der Waals surface area contributed by atoms with Crippen LogP contribution in [0.3, 0.4) is 0 Å². The molecule has 0 radical (unpaired) electrons. The Morgan fingerprint density at radius 2 is 2.03 bits per heavy atom. The number of pyridine rings is 1. The van der Waals surface area contributed by atoms with Gasteiger partial charge >= 0.3 is 0 Å². The molecule has 1 fully saturated rings. The molecule has 4 aromatic rings. The fraction of sp³-hybridized carbons (Fsp3) is 0.222. The average molecular weight is 495 g/mol. The van der Waals surface area contributed by atoms with Crippen LogP contribution in [0.25, 0.3) is 16.8 Å². The molecule has 1 unspecified atom stereocenters. The highest BCUT2D eigenvalue weighted by Crippen LogP contribution is 2.37. The highest BCUT2D eigenvalue weighted by atomic mass is 16.2. The van der Waals surface area contributed by atoms with Gasteiger partial charge in [-0.1, -0.05) is 18.1 Å². The summed E-state index contributed by atoms with van der Waals surface area (Å²) in [6, 6.07) is 10.5. The van der Waals surface area contributed by atoms with E-state index in [0.29, 0.717) is 46.5 Å². The second kappa shape index (κ2) is 9.99. The first-order valence-electron chi connectivity index (χ1n) is 11.9. The number of nitrogen functional groups attached to an aromatic ring is 1. The normalized spacial score (nSPS) is 14.8. The van der Waals surface area contributed by atoms with Gasteiger partial charge in [0.2, 0.25) is 0 Å². The van der Waals surface area contributed by atoms with E-state index in [-0.39, 0.29) is 17.9 Å². The Morgan fingerprint density at radius 1 is 1.16 bits per heavy atom. The molecule has 4 N–H and O–H groups in total. The zero-order valence-corrected chi connectivity index (χ0v) is 20.5. The summed E-state index contributed by atoms with van der Waals surface area (Å²) < 4.78 is 1.90. The molecule has 0 bridgehead atoms. The number of aromatic nitrogens is 4. The number of carbonyl (C=O) groups is 2. The van der Waals surface area contributed by atoms with Crippen LogP contribution in [0.5, 0.6) is 0 Å². The van der Waals surface area contributed by atoms with Crippen molar-refractivity contribution in [3.05, 3.63) is 66.4 Å². The van der Waals surface area contributed by atoms with Gasteiger partial charge in [0, 0.05) is 43.4 Å². The fourth-order valence-corrected chi connectivity index (χ4v) is 4.70. The standard InChI is InChI=1S/C27H26N8O2/c1-3-7-22(36)34-14-6-8-20(34)26-33-23(24-25(28)31-13-15-35(24)26)17-10-11-18(19(16-17)29-2)27(37)32-21-9-4-5-12-30-21/h4-5,9-13,15-16,20,29H,6,8,14H2,1-2H3,(H2,28,31)(H,30,32,37). The van der Waals surface area contributed by atoms with E-state index in [0.717, 1.165) is 18.4 Å². The molecule has 5 rings (SSSR count). The number of carbonyl (C=O) groups excluding carboxylic acids is 2. The number of rotatable bonds is 5. The first-order chi connectivity index (χ1) is 18.0. The summed E-state index contributed by atoms with van der Waals surface area (Å²) in [6.07, 6.45) is 6.67. The van der Waals surface area contributed by atoms with E-state index >= 15 is 0 Å². The van der Waals surface area contributed by atoms with Gasteiger partial charge in [0.25, 0.3) is 11.8 Å². The van der Waals surface area contributed by atoms with Crippen LogP contribution in [0.1, 0.15) is 42.0 Å². The first-order valence-corrected chi connectivity index (χ1v) is 11.9. The van der Waals surface area contributed by atoms with Crippen molar-refractivity contribution in [1.29, 1.82) is 0 Å². The molecule has 4 heterocycles. The first kappa shape index (κ1) is 23.8. The summed E-state index contributed by atoms with van der Waals surface area (Å²) in [6.45, 7) is 2.27. The molecule has 2 amide bonds. The highest BCUT2D eigenvalue weighted by Gasteiger charge is 2.33. The van der Waals surface area contributed by atoms with Gasteiger partial charge < -0.3 is 21.3 Å². The Bertz CT molecular complexity index is 1550. The van der Waals surface area contributed by atoms with Crippen LogP contribution in [0, 0.1) is 11.8 Å². The van der Waals surface area contributed by atoms with E-state index < -0.39 is 0 Å². The molecule has 10 heteroatoms. The molecule has 1 aliphatic heterocycles. The smallest absolute Gasteiger partial charge is 0.299 e. The number of anilines is 3. The molecule has 1 aromatic carbocycles. The molecular formula is C27H26N8O2. The van der Waals surface area contributed by atoms with Crippen molar-refractivity contribution in [2.24, 2.45) is 0 Å². The topological polar surface area (TPSA) is 131 Å². The number of nitrogens with one attached hydrogen (secondary N) is 2. The minimum atomic E-state index is -0.289. The largest absolute Gasteiger partial charge is 0.387 e. The molecule has 0 spiro atoms. The van der Waals surface area contributed by atoms with Crippen LogP contribution < -0.4 is 16.4 Å². The maximum atomic E-state index is 13.0. The van der Waals surface area contributed by atoms with Gasteiger partial charge in [-0.2, -0.15) is 0 Å². The molecule has 186 valence electrons. The summed E-state index contributed by atoms with van der Waals surface area (Å²) in [5.74, 6) is 6.32. The van der Waals surface area contributed by atoms with Gasteiger partial charge in [0.15, 0.2) is 0 Å². The van der Waals surface area contributed by atoms with Crippen molar-refractivity contribution in [2.45, 2.75) is 25.8 Å². The minimum Gasteiger partial charge on any atom is -0.387 e. The Labute approximate surface area is 213 Å². The molecule has 37 heavy (non-hydrogen) atoms. The Morgan fingerprint density at radius 3 is 2.78 bits per heavy atom. The molecule has 10 nitrogen and oxygen atoms in total. The number of benzene rings is 1. The number of hydrogen-bond acceptors (Lipinski definition) is 7. The van der Waals surface area contributed by atoms with Gasteiger partial charge in [-0.25, -0.2) is 15.0 Å². The number of nitrogens with two attached hydrogens (primary N) is 1. The Kier molecular flexibility index (Phi) is 6.43. The quantitative estimate of drug-likeness (QED) is 0.363. The Hall–Kier alpha value is -4.91. The lowest BCUT2D eigenvalue weighted by atomic mass is 10.0. The van der Waals surface area contributed by atoms with Crippen LogP contribution in [-0.4, -0.2) is 49.7 Å². The SMILES string of the molecule is CC#CC(=O)N1CCCC1c1nc(-c2ccc(C(=O)Nc3ccccn3)c(NC)c2)c2c(N)nccn12. The molecule has 1 aliphatic rings. The molecule has 3 aromatic heterocycles. The third-order valence-electron chi connectivity index (χ3n) is 6.37. The predicted molar refractivity (Wildman–Crippen MR) is 142 cm³/mol. The summed E-state index contributed by atoms with van der Waals surface area (Å²) in [4.78, 5) is 40.8. The van der Waals surface area contributed by atoms with Crippen LogP contribution in [0.4, 0.5) is 17.3 Å². The van der Waals surface area contributed by atoms with Crippen molar-refractivity contribution >= 4 is 34.7 Å². The Balaban J connectivity index is 1.57. The fourth-order valence-electron chi connectivity index (χ4n) is 4.70. The zero-order valence-electron chi connectivity index (χ0n) is 20.5. The lowest BCUT2D eigenvalue weighted by Gasteiger charge is -2.21. The van der Waals surface area contributed by atoms with Crippen molar-refractivity contribution in [1.82, 2.24) is 24.3 Å². The van der Waals surface area contributed by atoms with Gasteiger partial charge in [0.05, 0.1) is 11.6 Å². The molecule has 1 atom stereocenters. The zero-order chi connectivity index (χ0) is 25.9. The van der Waals surface area contributed by atoms with Crippen LogP contribution in [0.15, 0.2) is 55.0 Å². The minimum absolute atomic E-state index is 0.217. The van der Waals surface area contributed by atoms with E-state index in [1.807, 2.05) is 16.5 Å². The number of fused-ring (bicyclic) bond motifs is 1. The lowest BCUT2D eigenvalue weighted by molar-refractivity contribution is -0.126. The molecule has 1 saturated heterocycles. The van der Waals surface area contributed by atoms with Crippen molar-refractivity contribution < 1.29 is 9.59 Å². The average Bonchev–Trinajstić information content (AvgIpc) is 3.55. The van der Waals surface area contributed by atoms with E-state index in [2.05, 4.69) is 32.4 Å². The van der Waals surface area contributed by atoms with Crippen molar-refractivity contribution in [3.63, 3.8) is 0 Å². The summed E-state index contributed by atoms with van der Waals surface area (Å²) >= 11 is 0. The second-order valence-corrected chi connectivity index (χ2v) is 8.56. The maximum absolute atomic E-state index is 13.0. The summed E-state index contributed by atoms with van der Waals surface area (Å²) in [7, 11) is 1.75. The van der Waals surface area contributed by atoms with Gasteiger partial charge in [-0.05, 0) is 50.0 Å². The lowest BCUT2D eigenvalue weighted by Crippen LogP contribution is -2.30. The van der Waals surface area contributed by atoms with Gasteiger partial charge in [-0.3, -0.25) is 14.0 Å². The monoisotopic (exact) mass is 494 g/mol. The number of nitrogens with zero attached hydrogens (tertiary/aromatic N) is 5. The number of imidazole rings is 1. The van der Waals surface area contributed by atoms with Crippen molar-refractivity contribution in [2.75, 3.05) is 30.0 Å². The summed E-state index contributed by atoms with van der Waals surface area (Å²) in [5.41, 5.74) is 9.42. The third kappa shape index (κ3) is 4.43. The van der Waals surface area contributed by atoms with E-state index in [1.54, 1.807) is 61.7 Å².